The van der Waals surface area contributed by atoms with Gasteiger partial charge in [0.15, 0.2) is 0 Å². The van der Waals surface area contributed by atoms with E-state index in [1.807, 2.05) is 30.5 Å². The molecule has 0 saturated heterocycles. The second-order valence-corrected chi connectivity index (χ2v) is 3.07. The minimum absolute atomic E-state index is 0.911. The maximum absolute atomic E-state index is 4.19. The van der Waals surface area contributed by atoms with E-state index in [4.69, 9.17) is 0 Å². The quantitative estimate of drug-likeness (QED) is 0.622. The SMILES string of the molecule is C1=c2ccccc2=NNN1n1ccnn1. The van der Waals surface area contributed by atoms with Crippen LogP contribution in [0, 0.1) is 0 Å². The highest BCUT2D eigenvalue weighted by Crippen LogP contribution is 1.86. The molecule has 1 N–H and O–H groups in total. The van der Waals surface area contributed by atoms with Gasteiger partial charge in [0.2, 0.25) is 0 Å². The number of hydrogen-bond acceptors (Lipinski definition) is 5. The van der Waals surface area contributed by atoms with E-state index in [9.17, 15) is 0 Å². The smallest absolute Gasteiger partial charge is 0.0938 e. The molecule has 2 aromatic rings. The lowest BCUT2D eigenvalue weighted by Gasteiger charge is -2.19. The van der Waals surface area contributed by atoms with E-state index in [0.29, 0.717) is 0 Å². The van der Waals surface area contributed by atoms with Gasteiger partial charge in [0.05, 0.1) is 24.0 Å². The molecule has 0 unspecified atom stereocenters. The third kappa shape index (κ3) is 1.32. The fourth-order valence-electron chi connectivity index (χ4n) is 1.39. The van der Waals surface area contributed by atoms with Crippen LogP contribution in [0.2, 0.25) is 0 Å². The average Bonchev–Trinajstić information content (AvgIpc) is 2.82. The van der Waals surface area contributed by atoms with Crippen LogP contribution in [0.25, 0.3) is 6.20 Å². The molecule has 1 aliphatic heterocycles. The molecule has 0 saturated carbocycles. The maximum atomic E-state index is 4.19. The Kier molecular flexibility index (Phi) is 1.64. The molecule has 0 amide bonds. The van der Waals surface area contributed by atoms with Crippen LogP contribution in [0.15, 0.2) is 41.8 Å². The Hall–Kier alpha value is -2.37. The minimum atomic E-state index is 0.911. The summed E-state index contributed by atoms with van der Waals surface area (Å²) >= 11 is 0. The summed E-state index contributed by atoms with van der Waals surface area (Å²) in [6, 6.07) is 7.85. The van der Waals surface area contributed by atoms with Crippen molar-refractivity contribution in [2.45, 2.75) is 0 Å². The molecular weight excluding hydrogens is 192 g/mol. The van der Waals surface area contributed by atoms with Crippen LogP contribution in [0.1, 0.15) is 0 Å². The summed E-state index contributed by atoms with van der Waals surface area (Å²) in [5.74, 6) is 0. The first kappa shape index (κ1) is 7.98. The van der Waals surface area contributed by atoms with Crippen molar-refractivity contribution in [2.24, 2.45) is 5.10 Å². The molecular formula is C9H8N6. The number of hydrogen-bond donors (Lipinski definition) is 1. The second kappa shape index (κ2) is 3.09. The molecule has 2 heterocycles. The lowest BCUT2D eigenvalue weighted by molar-refractivity contribution is 0.512. The Bertz CT molecular complexity index is 573. The molecule has 1 aromatic carbocycles. The molecule has 1 aliphatic rings. The predicted molar refractivity (Wildman–Crippen MR) is 53.1 cm³/mol. The Balaban J connectivity index is 2.11. The van der Waals surface area contributed by atoms with Gasteiger partial charge in [-0.3, -0.25) is 0 Å². The van der Waals surface area contributed by atoms with Crippen LogP contribution in [0.4, 0.5) is 0 Å². The van der Waals surface area contributed by atoms with Crippen molar-refractivity contribution in [1.29, 1.82) is 0 Å². The van der Waals surface area contributed by atoms with E-state index >= 15 is 0 Å². The molecule has 74 valence electrons. The first-order valence-corrected chi connectivity index (χ1v) is 4.49. The summed E-state index contributed by atoms with van der Waals surface area (Å²) in [4.78, 5) is 1.56. The van der Waals surface area contributed by atoms with Crippen LogP contribution >= 0.6 is 0 Å². The fourth-order valence-corrected chi connectivity index (χ4v) is 1.39. The number of nitrogens with one attached hydrogen (secondary N) is 1. The van der Waals surface area contributed by atoms with E-state index in [2.05, 4.69) is 20.9 Å². The van der Waals surface area contributed by atoms with Gasteiger partial charge < -0.3 is 0 Å². The van der Waals surface area contributed by atoms with Gasteiger partial charge in [-0.25, -0.2) is 0 Å². The molecule has 0 atom stereocenters. The maximum Gasteiger partial charge on any atom is 0.0938 e. The van der Waals surface area contributed by atoms with Crippen molar-refractivity contribution in [1.82, 2.24) is 20.6 Å². The number of para-hydroxylation sites is 1. The zero-order valence-electron chi connectivity index (χ0n) is 7.78. The van der Waals surface area contributed by atoms with Gasteiger partial charge >= 0.3 is 0 Å². The highest BCUT2D eigenvalue weighted by Gasteiger charge is 2.04. The minimum Gasteiger partial charge on any atom is -0.197 e. The zero-order chi connectivity index (χ0) is 10.1. The average molecular weight is 200 g/mol. The normalized spacial score (nSPS) is 13.5. The van der Waals surface area contributed by atoms with Crippen LogP contribution in [-0.2, 0) is 0 Å². The third-order valence-corrected chi connectivity index (χ3v) is 2.10. The van der Waals surface area contributed by atoms with Crippen molar-refractivity contribution in [2.75, 3.05) is 5.12 Å². The molecule has 1 aromatic heterocycles. The fraction of sp³-hybridized carbons (Fsp3) is 0. The van der Waals surface area contributed by atoms with E-state index in [-0.39, 0.29) is 0 Å². The molecule has 0 fully saturated rings. The molecule has 3 rings (SSSR count). The van der Waals surface area contributed by atoms with Gasteiger partial charge in [-0.05, 0) is 11.3 Å². The molecule has 0 bridgehead atoms. The lowest BCUT2D eigenvalue weighted by atomic mass is 10.3. The van der Waals surface area contributed by atoms with E-state index in [0.717, 1.165) is 10.6 Å². The number of rotatable bonds is 1. The predicted octanol–water partition coefficient (Wildman–Crippen LogP) is -1.29. The third-order valence-electron chi connectivity index (χ3n) is 2.10. The van der Waals surface area contributed by atoms with Crippen LogP contribution in [-0.4, -0.2) is 15.1 Å². The number of benzene rings is 1. The van der Waals surface area contributed by atoms with Crippen molar-refractivity contribution < 1.29 is 0 Å². The summed E-state index contributed by atoms with van der Waals surface area (Å²) in [6.45, 7) is 0. The first-order valence-electron chi connectivity index (χ1n) is 4.49. The summed E-state index contributed by atoms with van der Waals surface area (Å²) in [5, 5.41) is 15.4. The molecule has 0 radical (unpaired) electrons. The number of nitrogens with zero attached hydrogens (tertiary/aromatic N) is 5. The molecule has 15 heavy (non-hydrogen) atoms. The van der Waals surface area contributed by atoms with Gasteiger partial charge in [-0.15, -0.1) is 9.89 Å². The Morgan fingerprint density at radius 1 is 1.20 bits per heavy atom. The Morgan fingerprint density at radius 2 is 2.13 bits per heavy atom. The first-order chi connectivity index (χ1) is 7.43. The number of fused-ring (bicyclic) bond motifs is 1. The number of hydrazine groups is 1. The van der Waals surface area contributed by atoms with Crippen LogP contribution in [0.5, 0.6) is 0 Å². The Morgan fingerprint density at radius 3 is 3.00 bits per heavy atom. The molecule has 6 nitrogen and oxygen atoms in total. The van der Waals surface area contributed by atoms with E-state index < -0.39 is 0 Å². The van der Waals surface area contributed by atoms with Crippen molar-refractivity contribution in [3.63, 3.8) is 0 Å². The monoisotopic (exact) mass is 200 g/mol. The van der Waals surface area contributed by atoms with E-state index in [1.54, 1.807) is 22.3 Å². The Labute approximate surface area is 85.1 Å². The van der Waals surface area contributed by atoms with Gasteiger partial charge in [0.25, 0.3) is 0 Å². The van der Waals surface area contributed by atoms with Crippen LogP contribution < -0.4 is 21.2 Å². The number of aromatic nitrogens is 3. The highest BCUT2D eigenvalue weighted by atomic mass is 15.9. The van der Waals surface area contributed by atoms with Crippen molar-refractivity contribution in [3.8, 4) is 0 Å². The standard InChI is InChI=1S/C9H8N6/c1-2-4-9-8(3-1)7-15(13-11-9)14-6-5-10-12-14/h1-7,13H. The topological polar surface area (TPSA) is 58.3 Å². The van der Waals surface area contributed by atoms with Crippen molar-refractivity contribution in [3.05, 3.63) is 47.2 Å². The molecule has 0 aliphatic carbocycles. The summed E-state index contributed by atoms with van der Waals surface area (Å²) in [5.41, 5.74) is 2.84. The van der Waals surface area contributed by atoms with Crippen molar-refractivity contribution >= 4 is 6.20 Å². The van der Waals surface area contributed by atoms with Gasteiger partial charge in [-0.2, -0.15) is 15.8 Å². The molecule has 6 heteroatoms. The zero-order valence-corrected chi connectivity index (χ0v) is 7.78. The second-order valence-electron chi connectivity index (χ2n) is 3.07. The summed E-state index contributed by atoms with van der Waals surface area (Å²) < 4.78 is 0. The lowest BCUT2D eigenvalue weighted by Crippen LogP contribution is -2.48. The van der Waals surface area contributed by atoms with Gasteiger partial charge in [-0.1, -0.05) is 18.2 Å². The van der Waals surface area contributed by atoms with Crippen LogP contribution in [0.3, 0.4) is 0 Å². The van der Waals surface area contributed by atoms with E-state index in [1.165, 1.54) is 0 Å². The molecule has 0 spiro atoms. The summed E-state index contributed by atoms with van der Waals surface area (Å²) in [6.07, 6.45) is 5.24. The summed E-state index contributed by atoms with van der Waals surface area (Å²) in [7, 11) is 0. The van der Waals surface area contributed by atoms with Gasteiger partial charge in [0, 0.05) is 5.22 Å². The highest BCUT2D eigenvalue weighted by molar-refractivity contribution is 5.32. The largest absolute Gasteiger partial charge is 0.197 e. The van der Waals surface area contributed by atoms with Gasteiger partial charge in [0.1, 0.15) is 0 Å².